The summed E-state index contributed by atoms with van der Waals surface area (Å²) in [6.07, 6.45) is 1.49. The SMILES string of the molecule is CCOc1cc(/C=C2/NC(=O)N(CC(=O)OC)C2=O)ccc1OCc1ccc(Cl)cc1Cl. The van der Waals surface area contributed by atoms with Gasteiger partial charge >= 0.3 is 12.0 Å². The van der Waals surface area contributed by atoms with E-state index in [2.05, 4.69) is 10.1 Å². The second-order valence-electron chi connectivity index (χ2n) is 6.62. The summed E-state index contributed by atoms with van der Waals surface area (Å²) >= 11 is 12.1. The fourth-order valence-electron chi connectivity index (χ4n) is 2.87. The number of halogens is 2. The third-order valence-corrected chi connectivity index (χ3v) is 5.04. The maximum Gasteiger partial charge on any atom is 0.329 e. The maximum absolute atomic E-state index is 12.5. The average Bonchev–Trinajstić information content (AvgIpc) is 3.01. The summed E-state index contributed by atoms with van der Waals surface area (Å²) in [7, 11) is 1.18. The predicted molar refractivity (Wildman–Crippen MR) is 119 cm³/mol. The number of hydrogen-bond donors (Lipinski definition) is 1. The van der Waals surface area contributed by atoms with Gasteiger partial charge in [-0.1, -0.05) is 35.3 Å². The molecule has 1 saturated heterocycles. The smallest absolute Gasteiger partial charge is 0.329 e. The van der Waals surface area contributed by atoms with Crippen LogP contribution in [0, 0.1) is 0 Å². The Morgan fingerprint density at radius 3 is 2.56 bits per heavy atom. The molecular formula is C22H20Cl2N2O6. The van der Waals surface area contributed by atoms with Crippen LogP contribution in [0.4, 0.5) is 4.79 Å². The van der Waals surface area contributed by atoms with Gasteiger partial charge < -0.3 is 19.5 Å². The normalized spacial score (nSPS) is 14.5. The third kappa shape index (κ3) is 5.52. The van der Waals surface area contributed by atoms with E-state index in [0.717, 1.165) is 10.5 Å². The number of benzene rings is 2. The highest BCUT2D eigenvalue weighted by Crippen LogP contribution is 2.31. The van der Waals surface area contributed by atoms with Gasteiger partial charge in [0, 0.05) is 15.6 Å². The second kappa shape index (κ2) is 10.4. The zero-order valence-corrected chi connectivity index (χ0v) is 18.8. The van der Waals surface area contributed by atoms with E-state index in [-0.39, 0.29) is 12.3 Å². The zero-order valence-electron chi connectivity index (χ0n) is 17.3. The Morgan fingerprint density at radius 1 is 1.09 bits per heavy atom. The first kappa shape index (κ1) is 23.4. The van der Waals surface area contributed by atoms with Crippen molar-refractivity contribution in [1.29, 1.82) is 0 Å². The minimum absolute atomic E-state index is 0.0305. The van der Waals surface area contributed by atoms with Gasteiger partial charge in [-0.05, 0) is 42.8 Å². The lowest BCUT2D eigenvalue weighted by molar-refractivity contribution is -0.143. The van der Waals surface area contributed by atoms with E-state index in [1.165, 1.54) is 13.2 Å². The number of esters is 1. The van der Waals surface area contributed by atoms with Crippen molar-refractivity contribution in [3.05, 3.63) is 63.3 Å². The molecule has 0 bridgehead atoms. The number of imide groups is 1. The molecule has 0 spiro atoms. The minimum atomic E-state index is -0.698. The van der Waals surface area contributed by atoms with E-state index in [1.807, 2.05) is 6.92 Å². The van der Waals surface area contributed by atoms with Gasteiger partial charge in [0.15, 0.2) is 11.5 Å². The van der Waals surface area contributed by atoms with Gasteiger partial charge in [0.05, 0.1) is 13.7 Å². The third-order valence-electron chi connectivity index (χ3n) is 4.45. The lowest BCUT2D eigenvalue weighted by atomic mass is 10.1. The average molecular weight is 479 g/mol. The predicted octanol–water partition coefficient (Wildman–Crippen LogP) is 4.04. The largest absolute Gasteiger partial charge is 0.490 e. The molecule has 10 heteroatoms. The van der Waals surface area contributed by atoms with Crippen molar-refractivity contribution >= 4 is 47.2 Å². The molecular weight excluding hydrogens is 459 g/mol. The number of nitrogens with zero attached hydrogens (tertiary/aromatic N) is 1. The van der Waals surface area contributed by atoms with Gasteiger partial charge in [-0.25, -0.2) is 9.69 Å². The highest BCUT2D eigenvalue weighted by atomic mass is 35.5. The van der Waals surface area contributed by atoms with Crippen LogP contribution in [0.2, 0.25) is 10.0 Å². The molecule has 2 aromatic rings. The van der Waals surface area contributed by atoms with Crippen molar-refractivity contribution in [1.82, 2.24) is 10.2 Å². The van der Waals surface area contributed by atoms with Crippen LogP contribution >= 0.6 is 23.2 Å². The first-order chi connectivity index (χ1) is 15.3. The van der Waals surface area contributed by atoms with E-state index in [1.54, 1.807) is 36.4 Å². The molecule has 0 atom stereocenters. The molecule has 1 aliphatic rings. The summed E-state index contributed by atoms with van der Waals surface area (Å²) in [5.74, 6) is -0.393. The molecule has 3 rings (SSSR count). The number of rotatable bonds is 8. The van der Waals surface area contributed by atoms with E-state index >= 15 is 0 Å². The van der Waals surface area contributed by atoms with Crippen LogP contribution < -0.4 is 14.8 Å². The van der Waals surface area contributed by atoms with Crippen molar-refractivity contribution in [2.75, 3.05) is 20.3 Å². The molecule has 0 unspecified atom stereocenters. The van der Waals surface area contributed by atoms with Crippen molar-refractivity contribution in [3.8, 4) is 11.5 Å². The Hall–Kier alpha value is -3.23. The molecule has 8 nitrogen and oxygen atoms in total. The topological polar surface area (TPSA) is 94.2 Å². The molecule has 0 radical (unpaired) electrons. The summed E-state index contributed by atoms with van der Waals surface area (Å²) in [6.45, 7) is 1.95. The Kier molecular flexibility index (Phi) is 7.61. The first-order valence-corrected chi connectivity index (χ1v) is 10.3. The van der Waals surface area contributed by atoms with Crippen LogP contribution in [0.5, 0.6) is 11.5 Å². The Morgan fingerprint density at radius 2 is 1.88 bits per heavy atom. The molecule has 0 aromatic heterocycles. The van der Waals surface area contributed by atoms with Crippen LogP contribution in [0.1, 0.15) is 18.1 Å². The number of ether oxygens (including phenoxy) is 3. The number of nitrogens with one attached hydrogen (secondary N) is 1. The van der Waals surface area contributed by atoms with Crippen molar-refractivity contribution in [3.63, 3.8) is 0 Å². The van der Waals surface area contributed by atoms with Gasteiger partial charge in [-0.3, -0.25) is 9.59 Å². The molecule has 0 aliphatic carbocycles. The quantitative estimate of drug-likeness (QED) is 0.349. The fraction of sp³-hybridized carbons (Fsp3) is 0.227. The summed E-state index contributed by atoms with van der Waals surface area (Å²) in [5, 5.41) is 3.47. The summed E-state index contributed by atoms with van der Waals surface area (Å²) < 4.78 is 16.0. The van der Waals surface area contributed by atoms with Crippen LogP contribution in [0.25, 0.3) is 6.08 Å². The lowest BCUT2D eigenvalue weighted by Crippen LogP contribution is -2.36. The molecule has 1 N–H and O–H groups in total. The maximum atomic E-state index is 12.5. The summed E-state index contributed by atoms with van der Waals surface area (Å²) in [5.41, 5.74) is 1.38. The molecule has 2 aromatic carbocycles. The van der Waals surface area contributed by atoms with Crippen LogP contribution in [-0.2, 0) is 20.9 Å². The monoisotopic (exact) mass is 478 g/mol. The molecule has 1 heterocycles. The number of urea groups is 1. The Bertz CT molecular complexity index is 1090. The van der Waals surface area contributed by atoms with Gasteiger partial charge in [0.25, 0.3) is 5.91 Å². The van der Waals surface area contributed by atoms with Crippen LogP contribution in [0.3, 0.4) is 0 Å². The van der Waals surface area contributed by atoms with E-state index in [9.17, 15) is 14.4 Å². The lowest BCUT2D eigenvalue weighted by Gasteiger charge is -2.13. The molecule has 1 aliphatic heterocycles. The van der Waals surface area contributed by atoms with Crippen molar-refractivity contribution < 1.29 is 28.6 Å². The first-order valence-electron chi connectivity index (χ1n) is 9.57. The zero-order chi connectivity index (χ0) is 23.3. The fourth-order valence-corrected chi connectivity index (χ4v) is 3.33. The van der Waals surface area contributed by atoms with E-state index < -0.39 is 24.5 Å². The number of carbonyl (C=O) groups excluding carboxylic acids is 3. The minimum Gasteiger partial charge on any atom is -0.490 e. The van der Waals surface area contributed by atoms with Gasteiger partial charge in [-0.15, -0.1) is 0 Å². The Labute approximate surface area is 194 Å². The van der Waals surface area contributed by atoms with E-state index in [0.29, 0.717) is 33.7 Å². The summed E-state index contributed by atoms with van der Waals surface area (Å²) in [4.78, 5) is 36.7. The highest BCUT2D eigenvalue weighted by Gasteiger charge is 2.35. The highest BCUT2D eigenvalue weighted by molar-refractivity contribution is 6.35. The summed E-state index contributed by atoms with van der Waals surface area (Å²) in [6, 6.07) is 9.51. The second-order valence-corrected chi connectivity index (χ2v) is 7.46. The molecule has 168 valence electrons. The van der Waals surface area contributed by atoms with Crippen LogP contribution in [0.15, 0.2) is 42.1 Å². The van der Waals surface area contributed by atoms with E-state index in [4.69, 9.17) is 32.7 Å². The van der Waals surface area contributed by atoms with Crippen molar-refractivity contribution in [2.24, 2.45) is 0 Å². The molecule has 32 heavy (non-hydrogen) atoms. The Balaban J connectivity index is 1.78. The van der Waals surface area contributed by atoms with Crippen molar-refractivity contribution in [2.45, 2.75) is 13.5 Å². The van der Waals surface area contributed by atoms with Crippen LogP contribution in [-0.4, -0.2) is 43.1 Å². The molecule has 0 saturated carbocycles. The van der Waals surface area contributed by atoms with Gasteiger partial charge in [-0.2, -0.15) is 0 Å². The van der Waals surface area contributed by atoms with Gasteiger partial charge in [0.2, 0.25) is 0 Å². The number of hydrogen-bond acceptors (Lipinski definition) is 6. The number of carbonyl (C=O) groups is 3. The molecule has 1 fully saturated rings. The number of methoxy groups -OCH3 is 1. The number of amides is 3. The van der Waals surface area contributed by atoms with Gasteiger partial charge in [0.1, 0.15) is 18.8 Å². The standard InChI is InChI=1S/C22H20Cl2N2O6/c1-3-31-19-9-13(8-17-21(28)26(22(29)25-17)11-20(27)30-2)4-7-18(19)32-12-14-5-6-15(23)10-16(14)24/h4-10H,3,11-12H2,1-2H3,(H,25,29)/b17-8+. The molecule has 3 amide bonds.